The molecule has 0 saturated carbocycles. The van der Waals surface area contributed by atoms with E-state index in [9.17, 15) is 98.0 Å². The molecule has 36 nitrogen and oxygen atoms in total. The van der Waals surface area contributed by atoms with Crippen LogP contribution >= 0.6 is 0 Å². The normalized spacial score (nSPS) is 28.7. The van der Waals surface area contributed by atoms with Crippen LogP contribution in [-0.4, -0.2) is 238 Å². The molecule has 8 aliphatic heterocycles. The molecule has 8 fully saturated rings. The number of carbonyl (C=O) groups is 1. The number of Topliss-reactive ketones (excluding diaryl/α,β-unsaturated/α-hetero) is 1. The van der Waals surface area contributed by atoms with Crippen molar-refractivity contribution in [2.45, 2.75) is 427 Å². The molecule has 147 heavy (non-hydrogen) atoms. The minimum absolute atomic E-state index is 0. The average Bonchev–Trinajstić information content (AvgIpc) is 1.60. The van der Waals surface area contributed by atoms with Crippen LogP contribution in [0.1, 0.15) is 254 Å². The highest BCUT2D eigenvalue weighted by Gasteiger charge is 2.72. The maximum atomic E-state index is 13.4. The first kappa shape index (κ1) is 126. The number of ketones is 1. The molecule has 4 aromatic rings. The maximum Gasteiger partial charge on any atom is 0.457 e. The van der Waals surface area contributed by atoms with E-state index in [1.54, 1.807) is 0 Å². The third-order valence-electron chi connectivity index (χ3n) is 28.4. The molecular weight excluding hydrogens is 2080 g/mol. The second-order valence-electron chi connectivity index (χ2n) is 43.4. The Labute approximate surface area is 859 Å². The smallest absolute Gasteiger partial charge is 0.414 e. The molecule has 8 aliphatic rings. The molecule has 53 heteroatoms. The number of nitrogens with one attached hydrogen (secondary N) is 4. The number of halogens is 9. The molecule has 0 unspecified atom stereocenters. The fourth-order valence-electron chi connectivity index (χ4n) is 20.9. The Hall–Kier alpha value is -6.58. The quantitative estimate of drug-likeness (QED) is 0.0245. The van der Waals surface area contributed by atoms with Crippen LogP contribution in [0.3, 0.4) is 0 Å². The Morgan fingerprint density at radius 3 is 0.680 bits per heavy atom. The van der Waals surface area contributed by atoms with E-state index in [-0.39, 0.29) is 128 Å². The lowest BCUT2D eigenvalue weighted by Gasteiger charge is -2.51. The van der Waals surface area contributed by atoms with E-state index in [0.717, 1.165) is 72.8 Å². The molecule has 0 spiro atoms. The fourth-order valence-corrected chi connectivity index (χ4v) is 65.8. The Morgan fingerprint density at radius 2 is 0.490 bits per heavy atom. The lowest BCUT2D eigenvalue weighted by Crippen LogP contribution is -2.67. The Kier molecular flexibility index (Phi) is 40.1. The van der Waals surface area contributed by atoms with Gasteiger partial charge in [-0.1, -0.05) is 247 Å². The van der Waals surface area contributed by atoms with Gasteiger partial charge in [0, 0.05) is 66.8 Å². The zero-order chi connectivity index (χ0) is 111. The first-order valence-corrected chi connectivity index (χ1v) is 65.3. The molecule has 0 radical (unpaired) electrons. The Morgan fingerprint density at radius 1 is 0.299 bits per heavy atom. The molecular formula is C94H151F9N8O28Si8. The lowest BCUT2D eigenvalue weighted by molar-refractivity contribution is -0.130. The van der Waals surface area contributed by atoms with E-state index < -0.39 is 223 Å². The van der Waals surface area contributed by atoms with Crippen molar-refractivity contribution in [2.75, 3.05) is 26.4 Å². The molecule has 0 aliphatic carbocycles. The topological polar surface area (TPSA) is 445 Å². The van der Waals surface area contributed by atoms with Gasteiger partial charge in [-0.2, -0.15) is 39.5 Å². The van der Waals surface area contributed by atoms with Crippen molar-refractivity contribution >= 4 is 74.3 Å². The number of rotatable bonds is 20. The molecule has 15 atom stereocenters. The zero-order valence-corrected chi connectivity index (χ0v) is 96.9. The summed E-state index contributed by atoms with van der Waals surface area (Å²) in [7, 11) is -24.9. The molecule has 7 N–H and O–H groups in total. The van der Waals surface area contributed by atoms with Gasteiger partial charge >= 0.3 is 110 Å². The summed E-state index contributed by atoms with van der Waals surface area (Å²) in [6.07, 6.45) is -25.9. The van der Waals surface area contributed by atoms with Crippen molar-refractivity contribution in [3.63, 3.8) is 0 Å². The second kappa shape index (κ2) is 47.0. The predicted molar refractivity (Wildman–Crippen MR) is 544 cm³/mol. The number of nitrogens with zero attached hydrogens (tertiary/aromatic N) is 4. The number of aromatic nitrogens is 8. The van der Waals surface area contributed by atoms with Gasteiger partial charge in [0.1, 0.15) is 48.8 Å². The molecule has 830 valence electrons. The molecule has 4 aromatic heterocycles. The summed E-state index contributed by atoms with van der Waals surface area (Å²) in [6, 6.07) is 4.19. The van der Waals surface area contributed by atoms with Gasteiger partial charge in [0.05, 0.1) is 26.4 Å². The number of aromatic amines is 4. The van der Waals surface area contributed by atoms with Gasteiger partial charge in [-0.05, 0) is 88.7 Å². The number of alkyl halides is 9. The Balaban J connectivity index is 0.000000239. The molecule has 12 heterocycles. The molecule has 0 aromatic carbocycles. The summed E-state index contributed by atoms with van der Waals surface area (Å²) in [6.45, 7) is 63.6. The van der Waals surface area contributed by atoms with Gasteiger partial charge < -0.3 is 86.1 Å². The number of H-pyrrole nitrogens is 4. The summed E-state index contributed by atoms with van der Waals surface area (Å²) >= 11 is 0. The minimum Gasteiger partial charge on any atom is -0.414 e. The van der Waals surface area contributed by atoms with E-state index in [4.69, 9.17) is 70.8 Å². The van der Waals surface area contributed by atoms with Crippen molar-refractivity contribution < 1.29 is 130 Å². The number of fused-ring (bicyclic) bond motifs is 4. The first-order chi connectivity index (χ1) is 67.0. The summed E-state index contributed by atoms with van der Waals surface area (Å²) in [4.78, 5) is 118. The third kappa shape index (κ3) is 25.3. The van der Waals surface area contributed by atoms with Gasteiger partial charge in [0.15, 0.2) is 41.7 Å². The van der Waals surface area contributed by atoms with Crippen LogP contribution < -0.4 is 45.0 Å². The van der Waals surface area contributed by atoms with E-state index >= 15 is 0 Å². The molecule has 12 rings (SSSR count). The number of ether oxygens (including phenoxy) is 4. The van der Waals surface area contributed by atoms with Crippen LogP contribution in [0, 0.1) is 35.5 Å². The van der Waals surface area contributed by atoms with E-state index in [0.29, 0.717) is 0 Å². The van der Waals surface area contributed by atoms with Crippen LogP contribution in [-0.2, 0) is 75.6 Å². The first-order valence-electron chi connectivity index (χ1n) is 49.5. The van der Waals surface area contributed by atoms with E-state index in [1.165, 1.54) is 12.3 Å². The van der Waals surface area contributed by atoms with Gasteiger partial charge in [-0.25, -0.2) is 19.2 Å². The fraction of sp³-hybridized carbons (Fsp3) is 0.755. The van der Waals surface area contributed by atoms with Crippen LogP contribution in [0.25, 0.3) is 0 Å². The Bertz CT molecular complexity index is 5430. The van der Waals surface area contributed by atoms with E-state index in [1.807, 2.05) is 199 Å². The summed E-state index contributed by atoms with van der Waals surface area (Å²) in [5, 5.41) is 35.6. The summed E-state index contributed by atoms with van der Waals surface area (Å²) < 4.78 is 229. The van der Waals surface area contributed by atoms with Crippen molar-refractivity contribution in [3.8, 4) is 35.5 Å². The zero-order valence-electron chi connectivity index (χ0n) is 88.9. The number of aliphatic hydroxyl groups is 3. The highest BCUT2D eigenvalue weighted by atomic mass is 28.5. The van der Waals surface area contributed by atoms with Crippen LogP contribution in [0.4, 0.5) is 39.5 Å². The van der Waals surface area contributed by atoms with Crippen LogP contribution in [0.2, 0.25) is 88.7 Å². The van der Waals surface area contributed by atoms with Crippen molar-refractivity contribution in [1.29, 1.82) is 0 Å². The predicted octanol–water partition coefficient (Wildman–Crippen LogP) is 14.7. The van der Waals surface area contributed by atoms with Crippen molar-refractivity contribution in [3.05, 3.63) is 132 Å². The van der Waals surface area contributed by atoms with Crippen molar-refractivity contribution in [2.24, 2.45) is 0 Å². The monoisotopic (exact) mass is 2230 g/mol. The number of hydrogen-bond acceptors (Lipinski definition) is 28. The van der Waals surface area contributed by atoms with Gasteiger partial charge in [-0.15, -0.1) is 0 Å². The average molecular weight is 2240 g/mol. The highest BCUT2D eigenvalue weighted by Crippen LogP contribution is 2.57. The molecule has 0 amide bonds. The van der Waals surface area contributed by atoms with Crippen LogP contribution in [0.15, 0.2) is 87.4 Å². The van der Waals surface area contributed by atoms with Gasteiger partial charge in [-0.3, -0.25) is 62.2 Å². The van der Waals surface area contributed by atoms with Crippen molar-refractivity contribution in [1.82, 2.24) is 38.2 Å². The highest BCUT2D eigenvalue weighted by molar-refractivity contribution is 6.86. The SMILES string of the molecule is C.CC(C)[Si]1(C(C)C)OC[C@H]2O[C@@H](n3ccc(=O)[nH]c3=O)C(=O)[C@@H]2O[Si](C(C)C)(C(C)C)O1.CC(C)[Si]1(C(C)C)OC[C@H]2O[C@@H](n3ccc(=O)[nH]c3=O)[C@@](O)(C#CC(F)(F)F)[C@@H]2O[Si](C(C)C)(C(C)C)O1.CC(C)[Si]1(C(C)C)OC[C@H]2O[C@@H](n3ccc(=O)[nH]c3=O)[C@@](O)(C#CC(F)(F)F)[C@@H]2O[Si](C(C)C)(C(C)C)O1.CC(C)[Si]1(C(C)C)OC[C@H]2O[C@@H](n3ccc(=O)[nH]c3=O)[C@](O)(C#CC(F)(F)F)[C@@H]2O[Si](C(C)C)(C(C)C)O1. The van der Waals surface area contributed by atoms with Gasteiger partial charge in [0.25, 0.3) is 22.2 Å². The molecule has 8 saturated heterocycles. The second-order valence-corrected chi connectivity index (χ2v) is 78.7. The number of carbonyl (C=O) groups excluding carboxylic acids is 1. The largest absolute Gasteiger partial charge is 0.457 e. The standard InChI is InChI=1S/3C24H37F3N2O7Si2.C21H36N2O7Si2.CH4/c3*1-14(2)37(15(3)4)33-13-18-20(35-38(36-37,16(5)6)17(7)8)23(32,10-11-24(25,26)27)21(34-18)29-12-9-19(30)28-22(29)31;1-12(2)31(13(3)4)27-11-16-19(29-32(30-31,14(5)6)15(7)8)18(25)20(28-16)23-10-9-17(24)22-21(23)26;/h3*9,12,14-18,20-21,32H,13H2,1-8H3,(H,28,30,31);9-10,12-16,19-20H,11H2,1-8H3,(H,22,24,26);1H4/t18-,20-,21-,23+;2*18-,20-,21-,23-;16-,19-,20-;/m1111./s1. The number of hydrogen-bond donors (Lipinski definition) is 7. The minimum atomic E-state index is -4.94. The molecule has 0 bridgehead atoms. The summed E-state index contributed by atoms with van der Waals surface area (Å²) in [5.74, 6) is 8.81. The van der Waals surface area contributed by atoms with Gasteiger partial charge in [0.2, 0.25) is 5.78 Å². The summed E-state index contributed by atoms with van der Waals surface area (Å²) in [5.41, 5.74) is -14.9. The third-order valence-corrected chi connectivity index (χ3v) is 69.4. The maximum absolute atomic E-state index is 13.4. The lowest BCUT2D eigenvalue weighted by atomic mass is 9.94. The van der Waals surface area contributed by atoms with Crippen LogP contribution in [0.5, 0.6) is 0 Å². The van der Waals surface area contributed by atoms with E-state index in [2.05, 4.69) is 60.4 Å².